The molecule has 3 heteroatoms. The molecule has 0 spiro atoms. The molecule has 0 radical (unpaired) electrons. The molecule has 2 saturated carbocycles. The highest BCUT2D eigenvalue weighted by Gasteiger charge is 2.41. The molecule has 0 bridgehead atoms. The number of ether oxygens (including phenoxy) is 2. The third kappa shape index (κ3) is 1.87. The largest absolute Gasteiger partial charge is 0.493 e. The van der Waals surface area contributed by atoms with E-state index >= 15 is 0 Å². The van der Waals surface area contributed by atoms with Crippen molar-refractivity contribution in [1.82, 2.24) is 0 Å². The van der Waals surface area contributed by atoms with E-state index in [0.29, 0.717) is 12.6 Å². The first kappa shape index (κ1) is 11.8. The monoisotopic (exact) mass is 247 g/mol. The van der Waals surface area contributed by atoms with Crippen molar-refractivity contribution in [3.05, 3.63) is 23.8 Å². The molecule has 98 valence electrons. The Morgan fingerprint density at radius 2 is 2.11 bits per heavy atom. The maximum Gasteiger partial charge on any atom is 0.165 e. The molecule has 0 aliphatic heterocycles. The van der Waals surface area contributed by atoms with E-state index in [1.807, 2.05) is 12.1 Å². The van der Waals surface area contributed by atoms with E-state index in [1.165, 1.54) is 12.0 Å². The Labute approximate surface area is 108 Å². The van der Waals surface area contributed by atoms with Crippen molar-refractivity contribution in [2.45, 2.75) is 43.6 Å². The summed E-state index contributed by atoms with van der Waals surface area (Å²) in [6, 6.07) is 6.18. The van der Waals surface area contributed by atoms with Crippen LogP contribution in [0.2, 0.25) is 0 Å². The molecule has 3 nitrogen and oxygen atoms in total. The molecule has 0 aromatic heterocycles. The maximum atomic E-state index is 6.08. The van der Waals surface area contributed by atoms with E-state index in [2.05, 4.69) is 6.07 Å². The highest BCUT2D eigenvalue weighted by atomic mass is 16.5. The van der Waals surface area contributed by atoms with Crippen LogP contribution in [0.25, 0.3) is 0 Å². The van der Waals surface area contributed by atoms with Gasteiger partial charge < -0.3 is 15.2 Å². The van der Waals surface area contributed by atoms with Crippen LogP contribution in [0, 0.1) is 0 Å². The minimum Gasteiger partial charge on any atom is -0.493 e. The molecule has 2 fully saturated rings. The molecule has 18 heavy (non-hydrogen) atoms. The zero-order valence-electron chi connectivity index (χ0n) is 10.9. The van der Waals surface area contributed by atoms with Gasteiger partial charge >= 0.3 is 0 Å². The van der Waals surface area contributed by atoms with Crippen molar-refractivity contribution in [2.24, 2.45) is 5.73 Å². The first-order valence-corrected chi connectivity index (χ1v) is 6.83. The molecule has 0 heterocycles. The predicted molar refractivity (Wildman–Crippen MR) is 71.2 cm³/mol. The summed E-state index contributed by atoms with van der Waals surface area (Å²) in [5, 5.41) is 0. The van der Waals surface area contributed by atoms with Gasteiger partial charge in [-0.3, -0.25) is 0 Å². The molecule has 0 amide bonds. The van der Waals surface area contributed by atoms with Gasteiger partial charge in [-0.2, -0.15) is 0 Å². The number of hydrogen-bond donors (Lipinski definition) is 1. The lowest BCUT2D eigenvalue weighted by Gasteiger charge is -2.42. The number of para-hydroxylation sites is 1. The van der Waals surface area contributed by atoms with E-state index < -0.39 is 0 Å². The van der Waals surface area contributed by atoms with Crippen LogP contribution in [0.1, 0.15) is 37.7 Å². The Hall–Kier alpha value is -1.22. The summed E-state index contributed by atoms with van der Waals surface area (Å²) in [7, 11) is 1.70. The summed E-state index contributed by atoms with van der Waals surface area (Å²) in [5.74, 6) is 1.78. The van der Waals surface area contributed by atoms with Crippen molar-refractivity contribution < 1.29 is 9.47 Å². The number of benzene rings is 1. The van der Waals surface area contributed by atoms with Gasteiger partial charge in [0.1, 0.15) is 0 Å². The molecule has 2 N–H and O–H groups in total. The number of rotatable bonds is 5. The van der Waals surface area contributed by atoms with Crippen LogP contribution in [-0.4, -0.2) is 19.8 Å². The average Bonchev–Trinajstić information content (AvgIpc) is 3.14. The molecule has 1 aromatic rings. The zero-order chi connectivity index (χ0) is 12.6. The van der Waals surface area contributed by atoms with Gasteiger partial charge in [-0.05, 0) is 31.7 Å². The minimum absolute atomic E-state index is 0.124. The summed E-state index contributed by atoms with van der Waals surface area (Å²) < 4.78 is 11.5. The van der Waals surface area contributed by atoms with Gasteiger partial charge in [-0.15, -0.1) is 0 Å². The molecule has 3 rings (SSSR count). The van der Waals surface area contributed by atoms with Crippen LogP contribution in [0.3, 0.4) is 0 Å². The Kier molecular flexibility index (Phi) is 2.94. The second-order valence-electron chi connectivity index (χ2n) is 5.49. The van der Waals surface area contributed by atoms with Crippen molar-refractivity contribution in [3.8, 4) is 11.5 Å². The minimum atomic E-state index is 0.124. The maximum absolute atomic E-state index is 6.08. The lowest BCUT2D eigenvalue weighted by atomic mass is 9.64. The smallest absolute Gasteiger partial charge is 0.165 e. The van der Waals surface area contributed by atoms with Gasteiger partial charge in [0.25, 0.3) is 0 Å². The van der Waals surface area contributed by atoms with Gasteiger partial charge in [0.05, 0.1) is 13.2 Å². The third-order valence-electron chi connectivity index (χ3n) is 4.28. The molecule has 0 atom stereocenters. The molecule has 2 aliphatic carbocycles. The summed E-state index contributed by atoms with van der Waals surface area (Å²) in [6.07, 6.45) is 6.29. The molecule has 0 saturated heterocycles. The van der Waals surface area contributed by atoms with Gasteiger partial charge in [0.15, 0.2) is 11.5 Å². The first-order valence-electron chi connectivity index (χ1n) is 6.83. The van der Waals surface area contributed by atoms with Gasteiger partial charge in [0, 0.05) is 17.5 Å². The second kappa shape index (κ2) is 4.47. The lowest BCUT2D eigenvalue weighted by Crippen LogP contribution is -2.41. The van der Waals surface area contributed by atoms with Crippen LogP contribution in [0.4, 0.5) is 0 Å². The van der Waals surface area contributed by atoms with Crippen molar-refractivity contribution >= 4 is 0 Å². The predicted octanol–water partition coefficient (Wildman–Crippen LogP) is 2.62. The number of methoxy groups -OCH3 is 1. The Morgan fingerprint density at radius 3 is 2.61 bits per heavy atom. The van der Waals surface area contributed by atoms with Crippen LogP contribution in [-0.2, 0) is 5.41 Å². The quantitative estimate of drug-likeness (QED) is 0.870. The highest BCUT2D eigenvalue weighted by molar-refractivity contribution is 5.51. The fourth-order valence-electron chi connectivity index (χ4n) is 2.76. The molecule has 0 unspecified atom stereocenters. The zero-order valence-corrected chi connectivity index (χ0v) is 10.9. The summed E-state index contributed by atoms with van der Waals surface area (Å²) in [6.45, 7) is 0.696. The van der Waals surface area contributed by atoms with Crippen LogP contribution < -0.4 is 15.2 Å². The molecular weight excluding hydrogens is 226 g/mol. The van der Waals surface area contributed by atoms with Crippen LogP contribution >= 0.6 is 0 Å². The van der Waals surface area contributed by atoms with Gasteiger partial charge in [-0.1, -0.05) is 18.6 Å². The SMILES string of the molecule is COc1cccc(C2(CN)CCC2)c1OC1CC1. The fraction of sp³-hybridized carbons (Fsp3) is 0.600. The normalized spacial score (nSPS) is 21.2. The lowest BCUT2D eigenvalue weighted by molar-refractivity contribution is 0.225. The molecule has 1 aromatic carbocycles. The molecular formula is C15H21NO2. The second-order valence-corrected chi connectivity index (χ2v) is 5.49. The van der Waals surface area contributed by atoms with E-state index in [4.69, 9.17) is 15.2 Å². The Morgan fingerprint density at radius 1 is 1.33 bits per heavy atom. The standard InChI is InChI=1S/C15H21NO2/c1-17-13-5-2-4-12(14(13)18-11-6-7-11)15(10-16)8-3-9-15/h2,4-5,11H,3,6-10,16H2,1H3. The Bertz CT molecular complexity index is 431. The average molecular weight is 247 g/mol. The number of hydrogen-bond acceptors (Lipinski definition) is 3. The highest BCUT2D eigenvalue weighted by Crippen LogP contribution is 2.49. The van der Waals surface area contributed by atoms with Crippen LogP contribution in [0.5, 0.6) is 11.5 Å². The molecule has 2 aliphatic rings. The fourth-order valence-corrected chi connectivity index (χ4v) is 2.76. The first-order chi connectivity index (χ1) is 8.79. The van der Waals surface area contributed by atoms with Crippen molar-refractivity contribution in [1.29, 1.82) is 0 Å². The van der Waals surface area contributed by atoms with E-state index in [1.54, 1.807) is 7.11 Å². The topological polar surface area (TPSA) is 44.5 Å². The van der Waals surface area contributed by atoms with E-state index in [-0.39, 0.29) is 5.41 Å². The Balaban J connectivity index is 2.00. The summed E-state index contributed by atoms with van der Waals surface area (Å²) in [5.41, 5.74) is 7.39. The van der Waals surface area contributed by atoms with Crippen LogP contribution in [0.15, 0.2) is 18.2 Å². The van der Waals surface area contributed by atoms with E-state index in [0.717, 1.165) is 37.2 Å². The van der Waals surface area contributed by atoms with E-state index in [9.17, 15) is 0 Å². The third-order valence-corrected chi connectivity index (χ3v) is 4.28. The van der Waals surface area contributed by atoms with Gasteiger partial charge in [0.2, 0.25) is 0 Å². The van der Waals surface area contributed by atoms with Gasteiger partial charge in [-0.25, -0.2) is 0 Å². The van der Waals surface area contributed by atoms with Crippen molar-refractivity contribution in [3.63, 3.8) is 0 Å². The summed E-state index contributed by atoms with van der Waals surface area (Å²) >= 11 is 0. The number of nitrogens with two attached hydrogens (primary N) is 1. The summed E-state index contributed by atoms with van der Waals surface area (Å²) in [4.78, 5) is 0. The van der Waals surface area contributed by atoms with Crippen molar-refractivity contribution in [2.75, 3.05) is 13.7 Å².